The summed E-state index contributed by atoms with van der Waals surface area (Å²) in [4.78, 5) is 13.8. The molecule has 1 fully saturated rings. The first-order valence-electron chi connectivity index (χ1n) is 6.49. The molecule has 1 amide bonds. The predicted octanol–water partition coefficient (Wildman–Crippen LogP) is 2.34. The molecule has 1 aliphatic heterocycles. The smallest absolute Gasteiger partial charge is 0.254 e. The zero-order valence-electron chi connectivity index (χ0n) is 10.6. The van der Waals surface area contributed by atoms with E-state index in [0.717, 1.165) is 43.9 Å². The maximum Gasteiger partial charge on any atom is 0.254 e. The molecule has 1 aliphatic rings. The summed E-state index contributed by atoms with van der Waals surface area (Å²) in [6.45, 7) is 0.395. The number of halogens is 2. The lowest BCUT2D eigenvalue weighted by molar-refractivity contribution is 0.0599. The van der Waals surface area contributed by atoms with Crippen molar-refractivity contribution in [3.63, 3.8) is 0 Å². The second kappa shape index (κ2) is 6.10. The van der Waals surface area contributed by atoms with Crippen molar-refractivity contribution < 1.29 is 18.7 Å². The van der Waals surface area contributed by atoms with Crippen LogP contribution in [0.2, 0.25) is 0 Å². The van der Waals surface area contributed by atoms with Gasteiger partial charge < -0.3 is 10.0 Å². The number of carbonyl (C=O) groups is 1. The molecule has 1 unspecified atom stereocenters. The highest BCUT2D eigenvalue weighted by atomic mass is 19.1. The van der Waals surface area contributed by atoms with Gasteiger partial charge in [0.05, 0.1) is 12.6 Å². The average Bonchev–Trinajstić information content (AvgIpc) is 2.61. The van der Waals surface area contributed by atoms with Crippen molar-refractivity contribution in [3.05, 3.63) is 35.4 Å². The van der Waals surface area contributed by atoms with Gasteiger partial charge in [0, 0.05) is 18.2 Å². The topological polar surface area (TPSA) is 40.5 Å². The fourth-order valence-electron chi connectivity index (χ4n) is 2.48. The Morgan fingerprint density at radius 2 is 1.89 bits per heavy atom. The second-order valence-electron chi connectivity index (χ2n) is 4.84. The van der Waals surface area contributed by atoms with Gasteiger partial charge in [0.2, 0.25) is 0 Å². The quantitative estimate of drug-likeness (QED) is 0.895. The van der Waals surface area contributed by atoms with Crippen LogP contribution in [0.25, 0.3) is 0 Å². The summed E-state index contributed by atoms with van der Waals surface area (Å²) in [5.41, 5.74) is -0.00199. The first kappa shape index (κ1) is 13.9. The average molecular weight is 269 g/mol. The van der Waals surface area contributed by atoms with E-state index in [2.05, 4.69) is 0 Å². The molecule has 0 spiro atoms. The minimum Gasteiger partial charge on any atom is -0.394 e. The Morgan fingerprint density at radius 1 is 1.21 bits per heavy atom. The molecule has 19 heavy (non-hydrogen) atoms. The molecule has 104 valence electrons. The first-order valence-corrected chi connectivity index (χ1v) is 6.49. The summed E-state index contributed by atoms with van der Waals surface area (Å²) >= 11 is 0. The van der Waals surface area contributed by atoms with Gasteiger partial charge in [-0.25, -0.2) is 8.78 Å². The molecule has 0 saturated carbocycles. The molecule has 0 radical (unpaired) electrons. The monoisotopic (exact) mass is 269 g/mol. The van der Waals surface area contributed by atoms with Crippen molar-refractivity contribution in [2.24, 2.45) is 0 Å². The van der Waals surface area contributed by atoms with Crippen LogP contribution in [0, 0.1) is 11.6 Å². The third-order valence-electron chi connectivity index (χ3n) is 3.46. The zero-order valence-corrected chi connectivity index (χ0v) is 10.6. The molecular weight excluding hydrogens is 252 g/mol. The predicted molar refractivity (Wildman–Crippen MR) is 66.7 cm³/mol. The van der Waals surface area contributed by atoms with Gasteiger partial charge in [0.15, 0.2) is 0 Å². The lowest BCUT2D eigenvalue weighted by Gasteiger charge is -2.28. The van der Waals surface area contributed by atoms with E-state index in [-0.39, 0.29) is 18.2 Å². The standard InChI is InChI=1S/C14H17F2NO2/c15-11-6-10(7-12(16)8-11)14(19)17-5-3-1-2-4-13(17)9-18/h6-8,13,18H,1-5,9H2. The Labute approximate surface area is 110 Å². The van der Waals surface area contributed by atoms with Gasteiger partial charge >= 0.3 is 0 Å². The molecule has 0 bridgehead atoms. The molecule has 1 saturated heterocycles. The molecular formula is C14H17F2NO2. The lowest BCUT2D eigenvalue weighted by Crippen LogP contribution is -2.42. The van der Waals surface area contributed by atoms with E-state index >= 15 is 0 Å². The number of likely N-dealkylation sites (tertiary alicyclic amines) is 1. The second-order valence-corrected chi connectivity index (χ2v) is 4.84. The Bertz CT molecular complexity index is 445. The molecule has 1 aromatic carbocycles. The highest BCUT2D eigenvalue weighted by Gasteiger charge is 2.26. The zero-order chi connectivity index (χ0) is 13.8. The lowest BCUT2D eigenvalue weighted by atomic mass is 10.1. The third-order valence-corrected chi connectivity index (χ3v) is 3.46. The minimum atomic E-state index is -0.765. The summed E-state index contributed by atoms with van der Waals surface area (Å²) in [7, 11) is 0. The summed E-state index contributed by atoms with van der Waals surface area (Å²) in [6.07, 6.45) is 3.52. The fourth-order valence-corrected chi connectivity index (χ4v) is 2.48. The molecule has 3 nitrogen and oxygen atoms in total. The third kappa shape index (κ3) is 3.29. The maximum atomic E-state index is 13.2. The highest BCUT2D eigenvalue weighted by molar-refractivity contribution is 5.94. The first-order chi connectivity index (χ1) is 9.11. The van der Waals surface area contributed by atoms with Gasteiger partial charge in [-0.15, -0.1) is 0 Å². The molecule has 0 aliphatic carbocycles. The number of nitrogens with zero attached hydrogens (tertiary/aromatic N) is 1. The van der Waals surface area contributed by atoms with E-state index in [0.29, 0.717) is 6.54 Å². The molecule has 1 heterocycles. The molecule has 0 aromatic heterocycles. The minimum absolute atomic E-state index is 0.00199. The van der Waals surface area contributed by atoms with E-state index < -0.39 is 17.5 Å². The van der Waals surface area contributed by atoms with E-state index in [1.807, 2.05) is 0 Å². The normalized spacial score (nSPS) is 20.2. The van der Waals surface area contributed by atoms with Crippen LogP contribution in [-0.4, -0.2) is 35.1 Å². The van der Waals surface area contributed by atoms with Crippen LogP contribution < -0.4 is 0 Å². The summed E-state index contributed by atoms with van der Waals surface area (Å²) < 4.78 is 26.3. The number of aliphatic hydroxyl groups excluding tert-OH is 1. The van der Waals surface area contributed by atoms with Crippen molar-refractivity contribution in [1.29, 1.82) is 0 Å². The number of benzene rings is 1. The molecule has 2 rings (SSSR count). The van der Waals surface area contributed by atoms with Crippen LogP contribution >= 0.6 is 0 Å². The number of carbonyl (C=O) groups excluding carboxylic acids is 1. The van der Waals surface area contributed by atoms with Gasteiger partial charge in [-0.3, -0.25) is 4.79 Å². The SMILES string of the molecule is O=C(c1cc(F)cc(F)c1)N1CCCCCC1CO. The van der Waals surface area contributed by atoms with Crippen molar-refractivity contribution in [2.45, 2.75) is 31.7 Å². The Morgan fingerprint density at radius 3 is 2.53 bits per heavy atom. The van der Waals surface area contributed by atoms with Crippen molar-refractivity contribution in [1.82, 2.24) is 4.90 Å². The number of rotatable bonds is 2. The van der Waals surface area contributed by atoms with E-state index in [1.54, 1.807) is 0 Å². The van der Waals surface area contributed by atoms with Crippen LogP contribution in [0.3, 0.4) is 0 Å². The van der Waals surface area contributed by atoms with Gasteiger partial charge in [0.1, 0.15) is 11.6 Å². The Balaban J connectivity index is 2.25. The summed E-state index contributed by atoms with van der Waals surface area (Å²) in [5, 5.41) is 9.35. The number of amides is 1. The highest BCUT2D eigenvalue weighted by Crippen LogP contribution is 2.20. The summed E-state index contributed by atoms with van der Waals surface area (Å²) in [5.74, 6) is -1.95. The van der Waals surface area contributed by atoms with Crippen LogP contribution in [0.5, 0.6) is 0 Å². The molecule has 1 aromatic rings. The van der Waals surface area contributed by atoms with Gasteiger partial charge in [-0.05, 0) is 25.0 Å². The largest absolute Gasteiger partial charge is 0.394 e. The Kier molecular flexibility index (Phi) is 4.47. The molecule has 5 heteroatoms. The fraction of sp³-hybridized carbons (Fsp3) is 0.500. The van der Waals surface area contributed by atoms with Crippen molar-refractivity contribution in [2.75, 3.05) is 13.2 Å². The van der Waals surface area contributed by atoms with Gasteiger partial charge in [0.25, 0.3) is 5.91 Å². The molecule has 1 atom stereocenters. The molecule has 1 N–H and O–H groups in total. The van der Waals surface area contributed by atoms with Crippen LogP contribution in [0.1, 0.15) is 36.0 Å². The van der Waals surface area contributed by atoms with Crippen molar-refractivity contribution >= 4 is 5.91 Å². The van der Waals surface area contributed by atoms with Crippen molar-refractivity contribution in [3.8, 4) is 0 Å². The number of hydrogen-bond acceptors (Lipinski definition) is 2. The number of hydrogen-bond donors (Lipinski definition) is 1. The summed E-state index contributed by atoms with van der Waals surface area (Å²) in [6, 6.07) is 2.54. The number of aliphatic hydroxyl groups is 1. The van der Waals surface area contributed by atoms with E-state index in [1.165, 1.54) is 4.90 Å². The van der Waals surface area contributed by atoms with E-state index in [9.17, 15) is 18.7 Å². The van der Waals surface area contributed by atoms with Gasteiger partial charge in [-0.2, -0.15) is 0 Å². The van der Waals surface area contributed by atoms with Crippen LogP contribution in [0.4, 0.5) is 8.78 Å². The van der Waals surface area contributed by atoms with Gasteiger partial charge in [-0.1, -0.05) is 12.8 Å². The van der Waals surface area contributed by atoms with Crippen LogP contribution in [0.15, 0.2) is 18.2 Å². The van der Waals surface area contributed by atoms with Crippen LogP contribution in [-0.2, 0) is 0 Å². The maximum absolute atomic E-state index is 13.2. The van der Waals surface area contributed by atoms with E-state index in [4.69, 9.17) is 0 Å². The Hall–Kier alpha value is -1.49.